The summed E-state index contributed by atoms with van der Waals surface area (Å²) in [6, 6.07) is 10.5. The van der Waals surface area contributed by atoms with Crippen molar-refractivity contribution < 1.29 is 0 Å². The number of pyridine rings is 1. The summed E-state index contributed by atoms with van der Waals surface area (Å²) in [4.78, 5) is 7.75. The van der Waals surface area contributed by atoms with E-state index in [1.165, 1.54) is 16.5 Å². The van der Waals surface area contributed by atoms with Crippen molar-refractivity contribution in [2.75, 3.05) is 5.01 Å². The Bertz CT molecular complexity index is 819. The predicted molar refractivity (Wildman–Crippen MR) is 85.8 cm³/mol. The van der Waals surface area contributed by atoms with E-state index in [2.05, 4.69) is 54.3 Å². The molecule has 0 radical (unpaired) electrons. The van der Waals surface area contributed by atoms with Gasteiger partial charge < -0.3 is 9.99 Å². The molecule has 4 rings (SSSR count). The topological polar surface area (TPSA) is 57.9 Å². The minimum atomic E-state index is 0.130. The molecular weight excluding hydrogens is 260 g/mol. The number of nitrogens with zero attached hydrogens (tertiary/aromatic N) is 2. The Labute approximate surface area is 123 Å². The van der Waals surface area contributed by atoms with Crippen LogP contribution in [0.3, 0.4) is 0 Å². The van der Waals surface area contributed by atoms with Gasteiger partial charge in [0.25, 0.3) is 0 Å². The zero-order valence-electron chi connectivity index (χ0n) is 12.2. The minimum Gasteiger partial charge on any atom is -0.346 e. The lowest BCUT2D eigenvalue weighted by molar-refractivity contribution is 0.479. The third-order valence-corrected chi connectivity index (χ3v) is 4.33. The van der Waals surface area contributed by atoms with Crippen LogP contribution in [0.1, 0.15) is 25.5 Å². The number of aromatic amines is 1. The number of aromatic nitrogens is 2. The number of nitrogens with two attached hydrogens (primary N) is 1. The van der Waals surface area contributed by atoms with Gasteiger partial charge in [-0.2, -0.15) is 0 Å². The molecule has 0 amide bonds. The number of benzene rings is 1. The standard InChI is InChI=1S/C17H18N4/c1-10(2)16-13-9-20-17-15(13)12(7-8-19-17)11-5-3-4-6-14(11)21(16)18/h3-10,16H,18H2,1-2H3,(H,19,20). The summed E-state index contributed by atoms with van der Waals surface area (Å²) in [7, 11) is 0. The maximum Gasteiger partial charge on any atom is 0.138 e. The largest absolute Gasteiger partial charge is 0.346 e. The molecule has 3 heterocycles. The molecule has 0 fully saturated rings. The molecule has 1 atom stereocenters. The molecular formula is C17H18N4. The Morgan fingerprint density at radius 1 is 1.19 bits per heavy atom. The molecule has 1 unspecified atom stereocenters. The Morgan fingerprint density at radius 3 is 2.81 bits per heavy atom. The number of hydrogen-bond acceptors (Lipinski definition) is 3. The summed E-state index contributed by atoms with van der Waals surface area (Å²) in [6.45, 7) is 4.40. The van der Waals surface area contributed by atoms with Crippen LogP contribution in [0.4, 0.5) is 5.69 Å². The van der Waals surface area contributed by atoms with Crippen LogP contribution in [0.15, 0.2) is 42.7 Å². The molecule has 1 aromatic carbocycles. The van der Waals surface area contributed by atoms with Crippen LogP contribution in [0.2, 0.25) is 0 Å². The quantitative estimate of drug-likeness (QED) is 0.668. The van der Waals surface area contributed by atoms with Gasteiger partial charge in [-0.3, -0.25) is 0 Å². The molecule has 3 aromatic rings. The smallest absolute Gasteiger partial charge is 0.138 e. The van der Waals surface area contributed by atoms with Crippen molar-refractivity contribution in [1.29, 1.82) is 0 Å². The summed E-state index contributed by atoms with van der Waals surface area (Å²) in [5.41, 5.74) is 5.59. The second-order valence-electron chi connectivity index (χ2n) is 5.94. The van der Waals surface area contributed by atoms with Crippen molar-refractivity contribution in [2.45, 2.75) is 19.9 Å². The number of para-hydroxylation sites is 1. The van der Waals surface area contributed by atoms with E-state index >= 15 is 0 Å². The van der Waals surface area contributed by atoms with Gasteiger partial charge in [0.2, 0.25) is 0 Å². The van der Waals surface area contributed by atoms with Gasteiger partial charge in [0.15, 0.2) is 0 Å². The first-order valence-corrected chi connectivity index (χ1v) is 7.28. The summed E-state index contributed by atoms with van der Waals surface area (Å²) < 4.78 is 0. The molecule has 4 heteroatoms. The molecule has 4 nitrogen and oxygen atoms in total. The Kier molecular flexibility index (Phi) is 2.56. The lowest BCUT2D eigenvalue weighted by Crippen LogP contribution is -2.37. The highest BCUT2D eigenvalue weighted by Crippen LogP contribution is 2.45. The maximum absolute atomic E-state index is 6.50. The number of fused-ring (bicyclic) bond motifs is 2. The molecule has 1 aliphatic heterocycles. The van der Waals surface area contributed by atoms with E-state index in [-0.39, 0.29) is 6.04 Å². The molecule has 21 heavy (non-hydrogen) atoms. The van der Waals surface area contributed by atoms with Crippen molar-refractivity contribution in [3.63, 3.8) is 0 Å². The maximum atomic E-state index is 6.50. The lowest BCUT2D eigenvalue weighted by Gasteiger charge is -2.31. The van der Waals surface area contributed by atoms with Crippen LogP contribution < -0.4 is 10.9 Å². The van der Waals surface area contributed by atoms with Crippen molar-refractivity contribution in [1.82, 2.24) is 9.97 Å². The fraction of sp³-hybridized carbons (Fsp3) is 0.235. The van der Waals surface area contributed by atoms with Gasteiger partial charge in [0.05, 0.1) is 11.7 Å². The van der Waals surface area contributed by atoms with Gasteiger partial charge in [-0.15, -0.1) is 0 Å². The van der Waals surface area contributed by atoms with Crippen molar-refractivity contribution in [2.24, 2.45) is 11.8 Å². The van der Waals surface area contributed by atoms with E-state index in [9.17, 15) is 0 Å². The highest BCUT2D eigenvalue weighted by Gasteiger charge is 2.30. The van der Waals surface area contributed by atoms with Gasteiger partial charge in [-0.25, -0.2) is 10.8 Å². The average Bonchev–Trinajstić information content (AvgIpc) is 2.86. The first-order valence-electron chi connectivity index (χ1n) is 7.28. The number of H-pyrrole nitrogens is 1. The van der Waals surface area contributed by atoms with Crippen molar-refractivity contribution in [3.8, 4) is 11.1 Å². The fourth-order valence-electron chi connectivity index (χ4n) is 3.45. The molecule has 0 aliphatic carbocycles. The summed E-state index contributed by atoms with van der Waals surface area (Å²) in [5, 5.41) is 3.10. The summed E-state index contributed by atoms with van der Waals surface area (Å²) >= 11 is 0. The molecule has 2 aromatic heterocycles. The highest BCUT2D eigenvalue weighted by molar-refractivity contribution is 6.00. The second-order valence-corrected chi connectivity index (χ2v) is 5.94. The third-order valence-electron chi connectivity index (χ3n) is 4.33. The number of hydrazine groups is 1. The number of anilines is 1. The van der Waals surface area contributed by atoms with E-state index in [0.717, 1.165) is 16.9 Å². The number of hydrogen-bond donors (Lipinski definition) is 2. The summed E-state index contributed by atoms with van der Waals surface area (Å²) in [5.74, 6) is 6.90. The van der Waals surface area contributed by atoms with Gasteiger partial charge in [-0.05, 0) is 23.6 Å². The van der Waals surface area contributed by atoms with E-state index in [1.54, 1.807) is 0 Å². The van der Waals surface area contributed by atoms with Crippen LogP contribution >= 0.6 is 0 Å². The van der Waals surface area contributed by atoms with Gasteiger partial charge in [0, 0.05) is 28.9 Å². The van der Waals surface area contributed by atoms with E-state index in [1.807, 2.05) is 17.3 Å². The monoisotopic (exact) mass is 278 g/mol. The minimum absolute atomic E-state index is 0.130. The average molecular weight is 278 g/mol. The SMILES string of the molecule is CC(C)C1c2c[nH]c3nccc(c23)-c2ccccc2N1N. The first-order chi connectivity index (χ1) is 10.2. The zero-order chi connectivity index (χ0) is 14.6. The molecule has 0 spiro atoms. The highest BCUT2D eigenvalue weighted by atomic mass is 15.4. The normalized spacial score (nSPS) is 17.1. The Hall–Kier alpha value is -2.33. The molecule has 0 bridgehead atoms. The van der Waals surface area contributed by atoms with E-state index in [4.69, 9.17) is 5.84 Å². The molecule has 1 aliphatic rings. The lowest BCUT2D eigenvalue weighted by atomic mass is 9.95. The Morgan fingerprint density at radius 2 is 2.00 bits per heavy atom. The van der Waals surface area contributed by atoms with Crippen LogP contribution in [-0.4, -0.2) is 9.97 Å². The van der Waals surface area contributed by atoms with Gasteiger partial charge in [0.1, 0.15) is 5.65 Å². The van der Waals surface area contributed by atoms with Crippen LogP contribution in [0.25, 0.3) is 22.2 Å². The zero-order valence-corrected chi connectivity index (χ0v) is 12.2. The van der Waals surface area contributed by atoms with Crippen LogP contribution in [-0.2, 0) is 0 Å². The van der Waals surface area contributed by atoms with Crippen molar-refractivity contribution in [3.05, 3.63) is 48.3 Å². The van der Waals surface area contributed by atoms with E-state index in [0.29, 0.717) is 5.92 Å². The van der Waals surface area contributed by atoms with Crippen molar-refractivity contribution >= 4 is 16.7 Å². The molecule has 3 N–H and O–H groups in total. The Balaban J connectivity index is 2.16. The second kappa shape index (κ2) is 4.33. The molecule has 106 valence electrons. The van der Waals surface area contributed by atoms with Crippen LogP contribution in [0.5, 0.6) is 0 Å². The summed E-state index contributed by atoms with van der Waals surface area (Å²) in [6.07, 6.45) is 3.91. The van der Waals surface area contributed by atoms with Gasteiger partial charge >= 0.3 is 0 Å². The van der Waals surface area contributed by atoms with Gasteiger partial charge in [-0.1, -0.05) is 32.0 Å². The fourth-order valence-corrected chi connectivity index (χ4v) is 3.45. The molecule has 0 saturated heterocycles. The number of rotatable bonds is 1. The van der Waals surface area contributed by atoms with Crippen LogP contribution in [0, 0.1) is 5.92 Å². The molecule has 0 saturated carbocycles. The predicted octanol–water partition coefficient (Wildman–Crippen LogP) is 3.62. The van der Waals surface area contributed by atoms with E-state index < -0.39 is 0 Å². The third kappa shape index (κ3) is 1.63. The first kappa shape index (κ1) is 12.4. The number of nitrogens with one attached hydrogen (secondary N) is 1.